The second-order valence-corrected chi connectivity index (χ2v) is 3.98. The van der Waals surface area contributed by atoms with Gasteiger partial charge in [-0.25, -0.2) is 0 Å². The average Bonchev–Trinajstić information content (AvgIpc) is 2.28. The summed E-state index contributed by atoms with van der Waals surface area (Å²) in [5.41, 5.74) is 7.99. The average molecular weight is 214 g/mol. The van der Waals surface area contributed by atoms with Gasteiger partial charge in [-0.2, -0.15) is 0 Å². The zero-order chi connectivity index (χ0) is 11.5. The van der Waals surface area contributed by atoms with Gasteiger partial charge >= 0.3 is 0 Å². The van der Waals surface area contributed by atoms with E-state index in [0.717, 1.165) is 17.7 Å². The Bertz CT molecular complexity index is 447. The Labute approximate surface area is 95.2 Å². The minimum absolute atomic E-state index is 0.00313. The van der Waals surface area contributed by atoms with Crippen LogP contribution < -0.4 is 10.6 Å². The molecule has 0 aliphatic carbocycles. The summed E-state index contributed by atoms with van der Waals surface area (Å²) in [5.74, 6) is 2.33. The third kappa shape index (κ3) is 1.93. The van der Waals surface area contributed by atoms with Gasteiger partial charge in [-0.1, -0.05) is 24.1 Å². The number of rotatable bonds is 1. The molecule has 2 rings (SSSR count). The molecule has 2 N–H and O–H groups in total. The summed E-state index contributed by atoms with van der Waals surface area (Å²) in [6.45, 7) is 0.553. The van der Waals surface area contributed by atoms with E-state index in [0.29, 0.717) is 6.54 Å². The molecule has 3 nitrogen and oxygen atoms in total. The van der Waals surface area contributed by atoms with Crippen LogP contribution in [0.15, 0.2) is 24.3 Å². The number of anilines is 1. The van der Waals surface area contributed by atoms with Gasteiger partial charge in [0.15, 0.2) is 0 Å². The lowest BCUT2D eigenvalue weighted by Crippen LogP contribution is -2.46. The Balaban J connectivity index is 2.34. The maximum absolute atomic E-state index is 11.8. The minimum Gasteiger partial charge on any atom is -0.326 e. The van der Waals surface area contributed by atoms with Crippen molar-refractivity contribution < 1.29 is 4.79 Å². The van der Waals surface area contributed by atoms with Crippen molar-refractivity contribution in [3.63, 3.8) is 0 Å². The van der Waals surface area contributed by atoms with Crippen molar-refractivity contribution in [2.75, 3.05) is 11.4 Å². The Hall–Kier alpha value is -1.79. The highest BCUT2D eigenvalue weighted by atomic mass is 16.2. The van der Waals surface area contributed by atoms with E-state index < -0.39 is 0 Å². The molecule has 1 unspecified atom stereocenters. The first-order valence-corrected chi connectivity index (χ1v) is 5.29. The smallest absolute Gasteiger partial charge is 0.239 e. The van der Waals surface area contributed by atoms with Gasteiger partial charge in [-0.05, 0) is 18.1 Å². The number of hydrogen-bond acceptors (Lipinski definition) is 2. The Morgan fingerprint density at radius 2 is 2.31 bits per heavy atom. The van der Waals surface area contributed by atoms with Gasteiger partial charge in [-0.3, -0.25) is 4.79 Å². The lowest BCUT2D eigenvalue weighted by molar-refractivity contribution is -0.117. The summed E-state index contributed by atoms with van der Waals surface area (Å²) >= 11 is 0. The molecule has 0 radical (unpaired) electrons. The van der Waals surface area contributed by atoms with E-state index in [1.807, 2.05) is 24.3 Å². The summed E-state index contributed by atoms with van der Waals surface area (Å²) in [6.07, 6.45) is 6.10. The number of hydrogen-bond donors (Lipinski definition) is 1. The predicted molar refractivity (Wildman–Crippen MR) is 63.9 cm³/mol. The van der Waals surface area contributed by atoms with Crippen LogP contribution in [-0.4, -0.2) is 18.5 Å². The van der Waals surface area contributed by atoms with Crippen molar-refractivity contribution in [1.29, 1.82) is 0 Å². The molecule has 1 aliphatic heterocycles. The number of amides is 1. The van der Waals surface area contributed by atoms with Gasteiger partial charge in [0.05, 0.1) is 6.42 Å². The molecule has 0 aromatic heterocycles. The maximum atomic E-state index is 11.8. The van der Waals surface area contributed by atoms with Crippen LogP contribution in [0.2, 0.25) is 0 Å². The molecule has 0 bridgehead atoms. The molecule has 82 valence electrons. The van der Waals surface area contributed by atoms with Crippen LogP contribution in [-0.2, 0) is 11.2 Å². The molecule has 0 saturated heterocycles. The number of carbonyl (C=O) groups excluding carboxylic acids is 1. The molecule has 1 heterocycles. The van der Waals surface area contributed by atoms with E-state index in [1.165, 1.54) is 0 Å². The summed E-state index contributed by atoms with van der Waals surface area (Å²) in [6, 6.07) is 7.82. The zero-order valence-electron chi connectivity index (χ0n) is 9.02. The van der Waals surface area contributed by atoms with Crippen molar-refractivity contribution in [3.8, 4) is 12.3 Å². The number of nitrogens with two attached hydrogens (primary N) is 1. The molecule has 0 fully saturated rings. The van der Waals surface area contributed by atoms with Crippen LogP contribution in [0.3, 0.4) is 0 Å². The zero-order valence-corrected chi connectivity index (χ0v) is 9.02. The SMILES string of the molecule is C#CCC(=O)N1CC(N)Cc2ccccc21. The fourth-order valence-electron chi connectivity index (χ4n) is 2.05. The monoisotopic (exact) mass is 214 g/mol. The third-order valence-corrected chi connectivity index (χ3v) is 2.74. The summed E-state index contributed by atoms with van der Waals surface area (Å²) in [4.78, 5) is 13.5. The van der Waals surface area contributed by atoms with E-state index in [4.69, 9.17) is 12.2 Å². The summed E-state index contributed by atoms with van der Waals surface area (Å²) < 4.78 is 0. The van der Waals surface area contributed by atoms with Crippen molar-refractivity contribution in [1.82, 2.24) is 0 Å². The molecule has 16 heavy (non-hydrogen) atoms. The van der Waals surface area contributed by atoms with E-state index in [-0.39, 0.29) is 18.4 Å². The molecule has 1 aromatic rings. The van der Waals surface area contributed by atoms with E-state index in [1.54, 1.807) is 4.90 Å². The Morgan fingerprint density at radius 1 is 1.56 bits per heavy atom. The van der Waals surface area contributed by atoms with Gasteiger partial charge in [0.25, 0.3) is 0 Å². The first-order chi connectivity index (χ1) is 7.72. The molecule has 1 amide bonds. The first-order valence-electron chi connectivity index (χ1n) is 5.29. The number of terminal acetylenes is 1. The third-order valence-electron chi connectivity index (χ3n) is 2.74. The number of para-hydroxylation sites is 1. The molecule has 1 aliphatic rings. The van der Waals surface area contributed by atoms with Gasteiger partial charge in [0, 0.05) is 18.3 Å². The number of fused-ring (bicyclic) bond motifs is 1. The maximum Gasteiger partial charge on any atom is 0.239 e. The Kier molecular flexibility index (Phi) is 2.93. The predicted octanol–water partition coefficient (Wildman–Crippen LogP) is 0.926. The molecular formula is C13H14N2O. The van der Waals surface area contributed by atoms with Crippen molar-refractivity contribution >= 4 is 11.6 Å². The molecule has 0 spiro atoms. The van der Waals surface area contributed by atoms with E-state index >= 15 is 0 Å². The van der Waals surface area contributed by atoms with Crippen LogP contribution >= 0.6 is 0 Å². The number of carbonyl (C=O) groups is 1. The van der Waals surface area contributed by atoms with Crippen LogP contribution in [0.1, 0.15) is 12.0 Å². The van der Waals surface area contributed by atoms with Crippen LogP contribution in [0, 0.1) is 12.3 Å². The van der Waals surface area contributed by atoms with Crippen LogP contribution in [0.25, 0.3) is 0 Å². The minimum atomic E-state index is -0.0508. The van der Waals surface area contributed by atoms with Gasteiger partial charge < -0.3 is 10.6 Å². The van der Waals surface area contributed by atoms with Crippen molar-refractivity contribution in [3.05, 3.63) is 29.8 Å². The molecule has 3 heteroatoms. The van der Waals surface area contributed by atoms with Gasteiger partial charge in [0.1, 0.15) is 0 Å². The van der Waals surface area contributed by atoms with Crippen molar-refractivity contribution in [2.24, 2.45) is 5.73 Å². The van der Waals surface area contributed by atoms with Gasteiger partial charge in [-0.15, -0.1) is 6.42 Å². The highest BCUT2D eigenvalue weighted by Gasteiger charge is 2.25. The fraction of sp³-hybridized carbons (Fsp3) is 0.308. The molecule has 0 saturated carbocycles. The largest absolute Gasteiger partial charge is 0.326 e. The van der Waals surface area contributed by atoms with Crippen molar-refractivity contribution in [2.45, 2.75) is 18.9 Å². The second-order valence-electron chi connectivity index (χ2n) is 3.98. The topological polar surface area (TPSA) is 46.3 Å². The lowest BCUT2D eigenvalue weighted by Gasteiger charge is -2.32. The molecule has 1 aromatic carbocycles. The summed E-state index contributed by atoms with van der Waals surface area (Å²) in [7, 11) is 0. The summed E-state index contributed by atoms with van der Waals surface area (Å²) in [5, 5.41) is 0. The fourth-order valence-corrected chi connectivity index (χ4v) is 2.05. The lowest BCUT2D eigenvalue weighted by atomic mass is 9.98. The van der Waals surface area contributed by atoms with E-state index in [9.17, 15) is 4.79 Å². The quantitative estimate of drug-likeness (QED) is 0.707. The Morgan fingerprint density at radius 3 is 3.06 bits per heavy atom. The van der Waals surface area contributed by atoms with Crippen LogP contribution in [0.4, 0.5) is 5.69 Å². The van der Waals surface area contributed by atoms with Gasteiger partial charge in [0.2, 0.25) is 5.91 Å². The number of benzene rings is 1. The first kappa shape index (κ1) is 10.7. The highest BCUT2D eigenvalue weighted by Crippen LogP contribution is 2.26. The van der Waals surface area contributed by atoms with E-state index in [2.05, 4.69) is 5.92 Å². The molecule has 1 atom stereocenters. The van der Waals surface area contributed by atoms with Crippen LogP contribution in [0.5, 0.6) is 0 Å². The second kappa shape index (κ2) is 4.38. The number of nitrogens with zero attached hydrogens (tertiary/aromatic N) is 1. The highest BCUT2D eigenvalue weighted by molar-refractivity contribution is 5.96. The standard InChI is InChI=1S/C13H14N2O/c1-2-5-13(16)15-9-11(14)8-10-6-3-4-7-12(10)15/h1,3-4,6-7,11H,5,8-9,14H2. The molecular weight excluding hydrogens is 200 g/mol. The normalized spacial score (nSPS) is 18.8.